The van der Waals surface area contributed by atoms with Gasteiger partial charge in [-0.1, -0.05) is 5.16 Å². The van der Waals surface area contributed by atoms with Gasteiger partial charge < -0.3 is 14.6 Å². The summed E-state index contributed by atoms with van der Waals surface area (Å²) in [5.74, 6) is 1.42. The lowest BCUT2D eigenvalue weighted by Crippen LogP contribution is -2.30. The van der Waals surface area contributed by atoms with Crippen LogP contribution in [0.1, 0.15) is 43.8 Å². The van der Waals surface area contributed by atoms with Crippen LogP contribution in [0.15, 0.2) is 4.52 Å². The van der Waals surface area contributed by atoms with Crippen molar-refractivity contribution in [3.8, 4) is 0 Å². The van der Waals surface area contributed by atoms with E-state index in [2.05, 4.69) is 15.5 Å². The van der Waals surface area contributed by atoms with Gasteiger partial charge in [-0.05, 0) is 32.1 Å². The molecule has 2 saturated heterocycles. The highest BCUT2D eigenvalue weighted by atomic mass is 16.5. The van der Waals surface area contributed by atoms with Gasteiger partial charge in [-0.2, -0.15) is 4.98 Å². The number of aromatic nitrogens is 2. The van der Waals surface area contributed by atoms with Gasteiger partial charge in [0.1, 0.15) is 0 Å². The van der Waals surface area contributed by atoms with Crippen molar-refractivity contribution in [3.05, 3.63) is 5.82 Å². The van der Waals surface area contributed by atoms with Gasteiger partial charge in [0, 0.05) is 5.92 Å². The Morgan fingerprint density at radius 3 is 2.81 bits per heavy atom. The van der Waals surface area contributed by atoms with Crippen molar-refractivity contribution in [2.45, 2.75) is 56.3 Å². The number of nitrogens with one attached hydrogen (secondary N) is 1. The van der Waals surface area contributed by atoms with Crippen molar-refractivity contribution >= 4 is 6.01 Å². The number of fused-ring (bicyclic) bond motifs is 2. The van der Waals surface area contributed by atoms with Gasteiger partial charge >= 0.3 is 6.01 Å². The summed E-state index contributed by atoms with van der Waals surface area (Å²) >= 11 is 0. The summed E-state index contributed by atoms with van der Waals surface area (Å²) in [5, 5.41) is 7.30. The minimum Gasteiger partial charge on any atom is -0.373 e. The fourth-order valence-electron chi connectivity index (χ4n) is 2.75. The lowest BCUT2D eigenvalue weighted by atomic mass is 9.96. The highest BCUT2D eigenvalue weighted by Gasteiger charge is 2.41. The Morgan fingerprint density at radius 2 is 2.12 bits per heavy atom. The van der Waals surface area contributed by atoms with Crippen molar-refractivity contribution in [2.75, 3.05) is 5.32 Å². The zero-order chi connectivity index (χ0) is 10.5. The lowest BCUT2D eigenvalue weighted by molar-refractivity contribution is 0.102. The summed E-state index contributed by atoms with van der Waals surface area (Å²) < 4.78 is 11.0. The molecule has 1 aromatic heterocycles. The van der Waals surface area contributed by atoms with Gasteiger partial charge in [0.2, 0.25) is 0 Å². The van der Waals surface area contributed by atoms with Crippen LogP contribution in [0.2, 0.25) is 0 Å². The fourth-order valence-corrected chi connectivity index (χ4v) is 2.75. The Morgan fingerprint density at radius 1 is 1.19 bits per heavy atom. The number of rotatable bonds is 3. The number of hydrogen-bond acceptors (Lipinski definition) is 5. The average Bonchev–Trinajstić information content (AvgIpc) is 2.76. The molecule has 0 unspecified atom stereocenters. The van der Waals surface area contributed by atoms with Gasteiger partial charge in [-0.15, -0.1) is 0 Å². The van der Waals surface area contributed by atoms with E-state index in [1.54, 1.807) is 0 Å². The van der Waals surface area contributed by atoms with Crippen molar-refractivity contribution < 1.29 is 9.26 Å². The smallest absolute Gasteiger partial charge is 0.321 e. The van der Waals surface area contributed by atoms with Crippen LogP contribution in [0.3, 0.4) is 0 Å². The van der Waals surface area contributed by atoms with E-state index in [-0.39, 0.29) is 0 Å². The van der Waals surface area contributed by atoms with Gasteiger partial charge in [-0.25, -0.2) is 0 Å². The first-order chi connectivity index (χ1) is 7.88. The Labute approximate surface area is 93.5 Å². The molecule has 0 radical (unpaired) electrons. The third-order valence-electron chi connectivity index (χ3n) is 3.80. The van der Waals surface area contributed by atoms with Gasteiger partial charge in [0.25, 0.3) is 0 Å². The molecule has 3 fully saturated rings. The van der Waals surface area contributed by atoms with Gasteiger partial charge in [-0.3, -0.25) is 0 Å². The maximum absolute atomic E-state index is 5.77. The van der Waals surface area contributed by atoms with E-state index in [0.717, 1.165) is 18.7 Å². The molecule has 86 valence electrons. The zero-order valence-corrected chi connectivity index (χ0v) is 9.06. The molecular weight excluding hydrogens is 206 g/mol. The first-order valence-electron chi connectivity index (χ1n) is 6.14. The second-order valence-electron chi connectivity index (χ2n) is 5.09. The Hall–Kier alpha value is -1.10. The monoisotopic (exact) mass is 221 g/mol. The summed E-state index contributed by atoms with van der Waals surface area (Å²) in [6.07, 6.45) is 6.65. The molecule has 1 saturated carbocycles. The lowest BCUT2D eigenvalue weighted by Gasteiger charge is -2.18. The topological polar surface area (TPSA) is 60.2 Å². The normalized spacial score (nSPS) is 36.9. The SMILES string of the molecule is C1CC1c1noc(N[C@@H]2C[C@H]3CC[C@H]2O3)n1. The van der Waals surface area contributed by atoms with Gasteiger partial charge in [0.05, 0.1) is 18.2 Å². The molecular formula is C11H15N3O2. The third-order valence-corrected chi connectivity index (χ3v) is 3.80. The number of hydrogen-bond donors (Lipinski definition) is 1. The number of nitrogens with zero attached hydrogens (tertiary/aromatic N) is 2. The van der Waals surface area contributed by atoms with E-state index in [1.165, 1.54) is 19.3 Å². The van der Waals surface area contributed by atoms with Gasteiger partial charge in [0.15, 0.2) is 5.82 Å². The number of anilines is 1. The summed E-state index contributed by atoms with van der Waals surface area (Å²) in [7, 11) is 0. The van der Waals surface area contributed by atoms with Crippen molar-refractivity contribution in [1.29, 1.82) is 0 Å². The molecule has 0 amide bonds. The molecule has 4 rings (SSSR count). The van der Waals surface area contributed by atoms with Crippen molar-refractivity contribution in [1.82, 2.24) is 10.1 Å². The first-order valence-corrected chi connectivity index (χ1v) is 6.14. The minimum atomic E-state index is 0.348. The largest absolute Gasteiger partial charge is 0.373 e. The molecule has 16 heavy (non-hydrogen) atoms. The highest BCUT2D eigenvalue weighted by molar-refractivity contribution is 5.25. The maximum Gasteiger partial charge on any atom is 0.321 e. The maximum atomic E-state index is 5.77. The van der Waals surface area contributed by atoms with E-state index >= 15 is 0 Å². The molecule has 5 nitrogen and oxygen atoms in total. The summed E-state index contributed by atoms with van der Waals surface area (Å²) in [4.78, 5) is 4.37. The van der Waals surface area contributed by atoms with E-state index in [0.29, 0.717) is 30.2 Å². The zero-order valence-electron chi connectivity index (χ0n) is 9.06. The molecule has 1 aromatic rings. The summed E-state index contributed by atoms with van der Waals surface area (Å²) in [6.45, 7) is 0. The Kier molecular flexibility index (Phi) is 1.80. The van der Waals surface area contributed by atoms with Crippen molar-refractivity contribution in [3.63, 3.8) is 0 Å². The van der Waals surface area contributed by atoms with Crippen LogP contribution in [0.4, 0.5) is 6.01 Å². The first kappa shape index (κ1) is 8.98. The van der Waals surface area contributed by atoms with Crippen LogP contribution < -0.4 is 5.32 Å². The van der Waals surface area contributed by atoms with E-state index in [4.69, 9.17) is 9.26 Å². The standard InChI is InChI=1S/C11H15N3O2/c1-2-6(1)10-13-11(16-14-10)12-8-5-7-3-4-9(8)15-7/h6-9H,1-5H2,(H,12,13,14)/t7-,8-,9-/m1/s1. The Balaban J connectivity index is 1.45. The molecule has 3 heterocycles. The second kappa shape index (κ2) is 3.20. The van der Waals surface area contributed by atoms with E-state index in [1.807, 2.05) is 0 Å². The van der Waals surface area contributed by atoms with Crippen LogP contribution in [0.5, 0.6) is 0 Å². The quantitative estimate of drug-likeness (QED) is 0.841. The molecule has 0 spiro atoms. The van der Waals surface area contributed by atoms with Crippen LogP contribution in [0.25, 0.3) is 0 Å². The molecule has 5 heteroatoms. The predicted molar refractivity (Wildman–Crippen MR) is 56.2 cm³/mol. The molecule has 3 aliphatic rings. The number of ether oxygens (including phenoxy) is 1. The second-order valence-corrected chi connectivity index (χ2v) is 5.09. The molecule has 2 aliphatic heterocycles. The minimum absolute atomic E-state index is 0.348. The van der Waals surface area contributed by atoms with Crippen LogP contribution >= 0.6 is 0 Å². The summed E-state index contributed by atoms with van der Waals surface area (Å²) in [5.41, 5.74) is 0. The molecule has 3 atom stereocenters. The van der Waals surface area contributed by atoms with Crippen LogP contribution in [-0.2, 0) is 4.74 Å². The predicted octanol–water partition coefficient (Wildman–Crippen LogP) is 1.68. The average molecular weight is 221 g/mol. The Bertz CT molecular complexity index is 402. The van der Waals surface area contributed by atoms with Crippen molar-refractivity contribution in [2.24, 2.45) is 0 Å². The highest BCUT2D eigenvalue weighted by Crippen LogP contribution is 2.39. The summed E-state index contributed by atoms with van der Waals surface area (Å²) in [6, 6.07) is 0.939. The van der Waals surface area contributed by atoms with Crippen LogP contribution in [0, 0.1) is 0 Å². The molecule has 1 aliphatic carbocycles. The molecule has 0 aromatic carbocycles. The molecule has 2 bridgehead atoms. The van der Waals surface area contributed by atoms with E-state index in [9.17, 15) is 0 Å². The molecule has 1 N–H and O–H groups in total. The fraction of sp³-hybridized carbons (Fsp3) is 0.818. The van der Waals surface area contributed by atoms with E-state index < -0.39 is 0 Å². The third kappa shape index (κ3) is 1.42. The van der Waals surface area contributed by atoms with Crippen LogP contribution in [-0.4, -0.2) is 28.4 Å².